The highest BCUT2D eigenvalue weighted by molar-refractivity contribution is 7.89. The molecule has 1 N–H and O–H groups in total. The first kappa shape index (κ1) is 21.4. The predicted molar refractivity (Wildman–Crippen MR) is 97.4 cm³/mol. The molecule has 25 heavy (non-hydrogen) atoms. The van der Waals surface area contributed by atoms with Gasteiger partial charge in [0.05, 0.1) is 6.61 Å². The van der Waals surface area contributed by atoms with E-state index in [2.05, 4.69) is 5.32 Å². The van der Waals surface area contributed by atoms with Crippen LogP contribution in [0.25, 0.3) is 0 Å². The van der Waals surface area contributed by atoms with Crippen LogP contribution in [0.2, 0.25) is 0 Å². The van der Waals surface area contributed by atoms with Gasteiger partial charge in [-0.2, -0.15) is 4.31 Å². The monoisotopic (exact) mass is 372 g/mol. The van der Waals surface area contributed by atoms with Gasteiger partial charge in [0.2, 0.25) is 10.0 Å². The van der Waals surface area contributed by atoms with E-state index in [0.29, 0.717) is 31.8 Å². The third kappa shape index (κ3) is 5.17. The molecular formula is C17H28N2O5S. The van der Waals surface area contributed by atoms with Gasteiger partial charge in [0, 0.05) is 25.9 Å². The number of sulfonamides is 1. The van der Waals surface area contributed by atoms with Crippen molar-refractivity contribution >= 4 is 21.6 Å². The van der Waals surface area contributed by atoms with Crippen molar-refractivity contribution in [1.29, 1.82) is 0 Å². The number of benzene rings is 1. The fourth-order valence-corrected chi connectivity index (χ4v) is 4.06. The molecule has 1 aromatic carbocycles. The van der Waals surface area contributed by atoms with Crippen molar-refractivity contribution in [3.63, 3.8) is 0 Å². The molecule has 0 saturated heterocycles. The van der Waals surface area contributed by atoms with Crippen molar-refractivity contribution in [2.24, 2.45) is 0 Å². The molecule has 0 radical (unpaired) electrons. The molecule has 0 spiro atoms. The SMILES string of the molecule is CCOc1ccc(NC(=O)C(CC)OC)cc1S(=O)(=O)N(CC)CC. The van der Waals surface area contributed by atoms with Crippen LogP contribution >= 0.6 is 0 Å². The fraction of sp³-hybridized carbons (Fsp3) is 0.588. The Labute approximate surface area is 150 Å². The Morgan fingerprint density at radius 1 is 1.20 bits per heavy atom. The van der Waals surface area contributed by atoms with Gasteiger partial charge in [-0.05, 0) is 31.5 Å². The first-order valence-electron chi connectivity index (χ1n) is 8.46. The zero-order valence-corrected chi connectivity index (χ0v) is 16.4. The van der Waals surface area contributed by atoms with E-state index in [9.17, 15) is 13.2 Å². The molecule has 0 aliphatic rings. The van der Waals surface area contributed by atoms with Gasteiger partial charge in [0.15, 0.2) is 0 Å². The van der Waals surface area contributed by atoms with Crippen molar-refractivity contribution in [3.05, 3.63) is 18.2 Å². The van der Waals surface area contributed by atoms with Crippen LogP contribution in [0.5, 0.6) is 5.75 Å². The number of amides is 1. The van der Waals surface area contributed by atoms with E-state index in [-0.39, 0.29) is 16.6 Å². The van der Waals surface area contributed by atoms with Crippen molar-refractivity contribution in [3.8, 4) is 5.75 Å². The predicted octanol–water partition coefficient (Wildman–Crippen LogP) is 2.48. The second-order valence-electron chi connectivity index (χ2n) is 5.31. The maximum atomic E-state index is 12.9. The number of hydrogen-bond donors (Lipinski definition) is 1. The molecule has 1 rings (SSSR count). The summed E-state index contributed by atoms with van der Waals surface area (Å²) >= 11 is 0. The summed E-state index contributed by atoms with van der Waals surface area (Å²) in [6.07, 6.45) is -0.0707. The highest BCUT2D eigenvalue weighted by Crippen LogP contribution is 2.30. The van der Waals surface area contributed by atoms with Gasteiger partial charge in [-0.1, -0.05) is 20.8 Å². The van der Waals surface area contributed by atoms with E-state index < -0.39 is 16.1 Å². The highest BCUT2D eigenvalue weighted by atomic mass is 32.2. The smallest absolute Gasteiger partial charge is 0.253 e. The number of nitrogens with one attached hydrogen (secondary N) is 1. The molecule has 0 aromatic heterocycles. The summed E-state index contributed by atoms with van der Waals surface area (Å²) < 4.78 is 37.7. The lowest BCUT2D eigenvalue weighted by molar-refractivity contribution is -0.125. The second kappa shape index (κ2) is 9.74. The van der Waals surface area contributed by atoms with Crippen LogP contribution in [-0.4, -0.2) is 51.5 Å². The molecule has 0 aliphatic carbocycles. The summed E-state index contributed by atoms with van der Waals surface area (Å²) in [4.78, 5) is 12.2. The molecule has 142 valence electrons. The number of rotatable bonds is 10. The summed E-state index contributed by atoms with van der Waals surface area (Å²) in [5, 5.41) is 2.70. The molecule has 0 heterocycles. The van der Waals surface area contributed by atoms with Crippen molar-refractivity contribution in [2.45, 2.75) is 45.1 Å². The van der Waals surface area contributed by atoms with Crippen molar-refractivity contribution < 1.29 is 22.7 Å². The van der Waals surface area contributed by atoms with Crippen LogP contribution in [0.3, 0.4) is 0 Å². The third-order valence-electron chi connectivity index (χ3n) is 3.78. The molecule has 0 bridgehead atoms. The van der Waals surface area contributed by atoms with Gasteiger partial charge in [-0.15, -0.1) is 0 Å². The molecular weight excluding hydrogens is 344 g/mol. The summed E-state index contributed by atoms with van der Waals surface area (Å²) in [6, 6.07) is 4.61. The highest BCUT2D eigenvalue weighted by Gasteiger charge is 2.26. The first-order chi connectivity index (χ1) is 11.8. The molecule has 0 saturated carbocycles. The van der Waals surface area contributed by atoms with Gasteiger partial charge in [-0.25, -0.2) is 8.42 Å². The Kier molecular flexibility index (Phi) is 8.34. The molecule has 1 aromatic rings. The number of methoxy groups -OCH3 is 1. The van der Waals surface area contributed by atoms with E-state index in [1.807, 2.05) is 6.92 Å². The molecule has 0 fully saturated rings. The van der Waals surface area contributed by atoms with Crippen LogP contribution < -0.4 is 10.1 Å². The van der Waals surface area contributed by atoms with Crippen molar-refractivity contribution in [1.82, 2.24) is 4.31 Å². The summed E-state index contributed by atoms with van der Waals surface area (Å²) in [6.45, 7) is 8.21. The number of anilines is 1. The summed E-state index contributed by atoms with van der Waals surface area (Å²) in [7, 11) is -2.26. The van der Waals surface area contributed by atoms with Crippen molar-refractivity contribution in [2.75, 3.05) is 32.1 Å². The maximum absolute atomic E-state index is 12.9. The standard InChI is InChI=1S/C17H28N2O5S/c1-6-14(23-5)17(20)18-13-10-11-15(24-9-4)16(12-13)25(21,22)19(7-2)8-3/h10-12,14H,6-9H2,1-5H3,(H,18,20). The Bertz CT molecular complexity index is 668. The minimum absolute atomic E-state index is 0.0429. The quantitative estimate of drug-likeness (QED) is 0.682. The van der Waals surface area contributed by atoms with E-state index in [1.54, 1.807) is 32.9 Å². The number of carbonyl (C=O) groups is 1. The molecule has 8 heteroatoms. The van der Waals surface area contributed by atoms with Crippen LogP contribution in [0.4, 0.5) is 5.69 Å². The van der Waals surface area contributed by atoms with Crippen LogP contribution in [-0.2, 0) is 19.6 Å². The van der Waals surface area contributed by atoms with E-state index in [0.717, 1.165) is 0 Å². The maximum Gasteiger partial charge on any atom is 0.253 e. The first-order valence-corrected chi connectivity index (χ1v) is 9.90. The fourth-order valence-electron chi connectivity index (χ4n) is 2.45. The van der Waals surface area contributed by atoms with Gasteiger partial charge >= 0.3 is 0 Å². The van der Waals surface area contributed by atoms with Gasteiger partial charge < -0.3 is 14.8 Å². The Morgan fingerprint density at radius 2 is 1.84 bits per heavy atom. The Balaban J connectivity index is 3.28. The van der Waals surface area contributed by atoms with E-state index >= 15 is 0 Å². The van der Waals surface area contributed by atoms with Gasteiger partial charge in [0.1, 0.15) is 16.7 Å². The topological polar surface area (TPSA) is 84.9 Å². The molecule has 7 nitrogen and oxygen atoms in total. The van der Waals surface area contributed by atoms with E-state index in [1.165, 1.54) is 17.5 Å². The van der Waals surface area contributed by atoms with Crippen LogP contribution in [0, 0.1) is 0 Å². The largest absolute Gasteiger partial charge is 0.492 e. The van der Waals surface area contributed by atoms with Gasteiger partial charge in [0.25, 0.3) is 5.91 Å². The minimum atomic E-state index is -3.72. The average molecular weight is 372 g/mol. The van der Waals surface area contributed by atoms with Crippen LogP contribution in [0.1, 0.15) is 34.1 Å². The molecule has 0 aliphatic heterocycles. The normalized spacial score (nSPS) is 12.9. The Morgan fingerprint density at radius 3 is 2.32 bits per heavy atom. The lowest BCUT2D eigenvalue weighted by Gasteiger charge is -2.21. The van der Waals surface area contributed by atoms with E-state index in [4.69, 9.17) is 9.47 Å². The lowest BCUT2D eigenvalue weighted by atomic mass is 10.2. The number of ether oxygens (including phenoxy) is 2. The summed E-state index contributed by atoms with van der Waals surface area (Å²) in [5.41, 5.74) is 0.384. The minimum Gasteiger partial charge on any atom is -0.492 e. The summed E-state index contributed by atoms with van der Waals surface area (Å²) in [5.74, 6) is -0.0495. The Hall–Kier alpha value is -1.64. The third-order valence-corrected chi connectivity index (χ3v) is 5.85. The lowest BCUT2D eigenvalue weighted by Crippen LogP contribution is -2.31. The molecule has 1 unspecified atom stereocenters. The average Bonchev–Trinajstić information content (AvgIpc) is 2.58. The number of nitrogens with zero attached hydrogens (tertiary/aromatic N) is 1. The van der Waals surface area contributed by atoms with Gasteiger partial charge in [-0.3, -0.25) is 4.79 Å². The zero-order chi connectivity index (χ0) is 19.0. The molecule has 1 amide bonds. The number of hydrogen-bond acceptors (Lipinski definition) is 5. The number of carbonyl (C=O) groups excluding carboxylic acids is 1. The zero-order valence-electron chi connectivity index (χ0n) is 15.5. The molecule has 1 atom stereocenters. The van der Waals surface area contributed by atoms with Crippen LogP contribution in [0.15, 0.2) is 23.1 Å². The second-order valence-corrected chi connectivity index (χ2v) is 7.21.